The summed E-state index contributed by atoms with van der Waals surface area (Å²) in [6, 6.07) is 13.5. The molecule has 2 aromatic carbocycles. The van der Waals surface area contributed by atoms with Gasteiger partial charge in [0.05, 0.1) is 10.9 Å². The van der Waals surface area contributed by atoms with Crippen LogP contribution in [0.2, 0.25) is 0 Å². The van der Waals surface area contributed by atoms with Crippen molar-refractivity contribution in [1.82, 2.24) is 29.4 Å². The number of rotatable bonds is 17. The highest BCUT2D eigenvalue weighted by atomic mass is 32.2. The second-order valence-electron chi connectivity index (χ2n) is 14.5. The number of nitrogens with one attached hydrogen (secondary N) is 3. The molecule has 2 bridgehead atoms. The van der Waals surface area contributed by atoms with Crippen molar-refractivity contribution in [3.63, 3.8) is 0 Å². The third-order valence-corrected chi connectivity index (χ3v) is 11.9. The third kappa shape index (κ3) is 10.7. The predicted octanol–water partition coefficient (Wildman–Crippen LogP) is 4.42. The van der Waals surface area contributed by atoms with Crippen molar-refractivity contribution >= 4 is 59.4 Å². The number of aryl methyl sites for hydroxylation is 1. The molecule has 2 amide bonds. The standard InChI is InChI=1S/C40H48N8O5S.C2H7N/c1-4-8-30-22-42-40(44-38(30)41-5-2)43-31-14-16-46(17-15-31)54(53)36-11-6-9-29(19-36)23-45-24-34-20-35(25-45)48(34)32-13-12-28(3)37(21-32)39(52)47(27-51)33(26-50)10-7-18-49;1-3-2/h4-6,8-9,11-13,18-19,21-22,26-27,31,33-35H,2,7,10,14-17,20,23-25H2,1,3H3,(H2,41,42,43,44);3H,1-2H3/b8-4-;. The Hall–Kier alpha value is -5.09. The zero-order valence-corrected chi connectivity index (χ0v) is 34.1. The number of amides is 2. The van der Waals surface area contributed by atoms with E-state index >= 15 is 0 Å². The number of aldehydes is 2. The maximum Gasteiger partial charge on any atom is 0.261 e. The minimum Gasteiger partial charge on any atom is -0.363 e. The average Bonchev–Trinajstić information content (AvgIpc) is 3.21. The Balaban J connectivity index is 0.00000200. The third-order valence-electron chi connectivity index (χ3n) is 10.4. The maximum absolute atomic E-state index is 13.7. The Morgan fingerprint density at radius 3 is 2.47 bits per heavy atom. The van der Waals surface area contributed by atoms with Gasteiger partial charge in [0.15, 0.2) is 0 Å². The molecule has 5 heterocycles. The summed E-state index contributed by atoms with van der Waals surface area (Å²) in [5.41, 5.74) is 3.98. The van der Waals surface area contributed by atoms with Gasteiger partial charge in [0.2, 0.25) is 12.4 Å². The quantitative estimate of drug-likeness (QED) is 0.166. The summed E-state index contributed by atoms with van der Waals surface area (Å²) in [6.07, 6.45) is 11.7. The van der Waals surface area contributed by atoms with E-state index in [1.54, 1.807) is 19.3 Å². The first-order chi connectivity index (χ1) is 27.7. The van der Waals surface area contributed by atoms with E-state index in [-0.39, 0.29) is 31.0 Å². The van der Waals surface area contributed by atoms with Crippen molar-refractivity contribution in [2.75, 3.05) is 55.8 Å². The Morgan fingerprint density at radius 2 is 1.82 bits per heavy atom. The van der Waals surface area contributed by atoms with Crippen LogP contribution in [0.15, 0.2) is 72.4 Å². The molecule has 1 aromatic heterocycles. The number of carbonyl (C=O) groups is 4. The van der Waals surface area contributed by atoms with Gasteiger partial charge in [0, 0.05) is 80.3 Å². The molecule has 3 aromatic rings. The maximum atomic E-state index is 13.7. The Labute approximate surface area is 338 Å². The minimum absolute atomic E-state index is 0.0770. The molecule has 4 saturated heterocycles. The molecule has 0 saturated carbocycles. The van der Waals surface area contributed by atoms with Gasteiger partial charge in [0.25, 0.3) is 5.91 Å². The van der Waals surface area contributed by atoms with Gasteiger partial charge in [-0.15, -0.1) is 0 Å². The first-order valence-electron chi connectivity index (χ1n) is 19.4. The summed E-state index contributed by atoms with van der Waals surface area (Å²) >= 11 is 0. The SMILES string of the molecule is C=CNc1nc(NC2CCN(S(=O)c3cccc(CN4CC5CC(C4)N5c4ccc(C)c(C(=O)N(C=O)C(C=O)CCC=O)c4)c3)CC2)ncc1/C=C\C.CNC. The van der Waals surface area contributed by atoms with Crippen molar-refractivity contribution < 1.29 is 23.4 Å². The smallest absolute Gasteiger partial charge is 0.261 e. The van der Waals surface area contributed by atoms with Crippen LogP contribution in [0.4, 0.5) is 17.5 Å². The van der Waals surface area contributed by atoms with Gasteiger partial charge in [-0.05, 0) is 95.2 Å². The van der Waals surface area contributed by atoms with Crippen LogP contribution in [0.25, 0.3) is 6.08 Å². The summed E-state index contributed by atoms with van der Waals surface area (Å²) in [4.78, 5) is 63.4. The largest absolute Gasteiger partial charge is 0.363 e. The lowest BCUT2D eigenvalue weighted by atomic mass is 9.86. The van der Waals surface area contributed by atoms with Gasteiger partial charge < -0.3 is 30.4 Å². The second-order valence-corrected chi connectivity index (χ2v) is 16.0. The number of piperidine rings is 2. The molecule has 14 nitrogen and oxygen atoms in total. The molecule has 3 N–H and O–H groups in total. The van der Waals surface area contributed by atoms with E-state index < -0.39 is 22.9 Å². The fraction of sp³-hybridized carbons (Fsp3) is 0.429. The molecule has 57 heavy (non-hydrogen) atoms. The fourth-order valence-electron chi connectivity index (χ4n) is 7.66. The molecule has 0 spiro atoms. The van der Waals surface area contributed by atoms with Crippen LogP contribution >= 0.6 is 0 Å². The zero-order valence-electron chi connectivity index (χ0n) is 33.3. The van der Waals surface area contributed by atoms with Crippen molar-refractivity contribution in [1.29, 1.82) is 0 Å². The fourth-order valence-corrected chi connectivity index (χ4v) is 8.95. The molecule has 304 valence electrons. The lowest BCUT2D eigenvalue weighted by molar-refractivity contribution is -0.123. The van der Waals surface area contributed by atoms with Gasteiger partial charge >= 0.3 is 0 Å². The van der Waals surface area contributed by atoms with Crippen LogP contribution in [0.3, 0.4) is 0 Å². The summed E-state index contributed by atoms with van der Waals surface area (Å²) in [6.45, 7) is 11.3. The number of benzene rings is 2. The van der Waals surface area contributed by atoms with Crippen molar-refractivity contribution in [3.05, 3.63) is 89.8 Å². The first kappa shape index (κ1) is 43.0. The predicted molar refractivity (Wildman–Crippen MR) is 225 cm³/mol. The molecule has 15 heteroatoms. The molecule has 7 rings (SSSR count). The highest BCUT2D eigenvalue weighted by molar-refractivity contribution is 7.82. The number of aromatic nitrogens is 2. The van der Waals surface area contributed by atoms with E-state index in [9.17, 15) is 23.4 Å². The number of nitrogens with zero attached hydrogens (tertiary/aromatic N) is 6. The van der Waals surface area contributed by atoms with E-state index in [0.717, 1.165) is 65.5 Å². The normalized spacial score (nSPS) is 19.3. The van der Waals surface area contributed by atoms with Crippen LogP contribution in [-0.2, 0) is 31.9 Å². The highest BCUT2D eigenvalue weighted by Gasteiger charge is 2.44. The van der Waals surface area contributed by atoms with E-state index in [2.05, 4.69) is 54.4 Å². The monoisotopic (exact) mass is 797 g/mol. The van der Waals surface area contributed by atoms with E-state index in [1.165, 1.54) is 0 Å². The van der Waals surface area contributed by atoms with Gasteiger partial charge in [-0.25, -0.2) is 13.5 Å². The van der Waals surface area contributed by atoms with E-state index in [0.29, 0.717) is 55.0 Å². The Kier molecular flexibility index (Phi) is 15.8. The topological polar surface area (TPSA) is 160 Å². The number of fused-ring (bicyclic) bond motifs is 2. The van der Waals surface area contributed by atoms with Gasteiger partial charge in [-0.2, -0.15) is 4.98 Å². The van der Waals surface area contributed by atoms with Crippen LogP contribution in [0, 0.1) is 6.92 Å². The average molecular weight is 798 g/mol. The van der Waals surface area contributed by atoms with Crippen LogP contribution in [0.5, 0.6) is 0 Å². The summed E-state index contributed by atoms with van der Waals surface area (Å²) in [5, 5.41) is 9.27. The van der Waals surface area contributed by atoms with E-state index in [4.69, 9.17) is 0 Å². The first-order valence-corrected chi connectivity index (χ1v) is 20.5. The number of allylic oxidation sites excluding steroid dienone is 1. The van der Waals surface area contributed by atoms with Crippen molar-refractivity contribution in [2.24, 2.45) is 0 Å². The van der Waals surface area contributed by atoms with Crippen LogP contribution < -0.4 is 20.9 Å². The number of carbonyl (C=O) groups excluding carboxylic acids is 4. The zero-order chi connectivity index (χ0) is 40.9. The number of anilines is 3. The molecule has 0 radical (unpaired) electrons. The number of piperazine rings is 1. The lowest BCUT2D eigenvalue weighted by Crippen LogP contribution is -2.68. The number of hydrogen-bond donors (Lipinski definition) is 3. The van der Waals surface area contributed by atoms with Crippen LogP contribution in [0.1, 0.15) is 66.1 Å². The Bertz CT molecular complexity index is 1920. The number of imide groups is 1. The molecule has 4 aliphatic rings. The molecule has 4 aliphatic heterocycles. The van der Waals surface area contributed by atoms with Crippen LogP contribution in [-0.4, -0.2) is 118 Å². The molecular weight excluding hydrogens is 743 g/mol. The molecule has 0 aliphatic carbocycles. The number of hydrogen-bond acceptors (Lipinski definition) is 12. The van der Waals surface area contributed by atoms with Gasteiger partial charge in [0.1, 0.15) is 29.4 Å². The molecule has 4 atom stereocenters. The van der Waals surface area contributed by atoms with Gasteiger partial charge in [-0.1, -0.05) is 36.9 Å². The van der Waals surface area contributed by atoms with Crippen molar-refractivity contribution in [3.8, 4) is 0 Å². The summed E-state index contributed by atoms with van der Waals surface area (Å²) in [5.74, 6) is 0.694. The highest BCUT2D eigenvalue weighted by Crippen LogP contribution is 2.38. The minimum atomic E-state index is -1.28. The molecular formula is C42H55N9O5S. The molecule has 4 unspecified atom stereocenters. The summed E-state index contributed by atoms with van der Waals surface area (Å²) in [7, 11) is 2.47. The second kappa shape index (κ2) is 20.9. The molecule has 4 fully saturated rings. The Morgan fingerprint density at radius 1 is 1.09 bits per heavy atom. The van der Waals surface area contributed by atoms with E-state index in [1.807, 2.05) is 67.8 Å². The summed E-state index contributed by atoms with van der Waals surface area (Å²) < 4.78 is 15.7. The van der Waals surface area contributed by atoms with Gasteiger partial charge in [-0.3, -0.25) is 19.4 Å². The lowest BCUT2D eigenvalue weighted by Gasteiger charge is -2.58. The van der Waals surface area contributed by atoms with Crippen molar-refractivity contribution in [2.45, 2.75) is 81.6 Å².